The third-order valence-corrected chi connectivity index (χ3v) is 2.55. The highest BCUT2D eigenvalue weighted by Crippen LogP contribution is 2.16. The predicted octanol–water partition coefficient (Wildman–Crippen LogP) is 1.48. The third-order valence-electron chi connectivity index (χ3n) is 2.55. The average molecular weight is 238 g/mol. The Morgan fingerprint density at radius 2 is 2.12 bits per heavy atom. The van der Waals surface area contributed by atoms with E-state index in [2.05, 4.69) is 28.7 Å². The minimum Gasteiger partial charge on any atom is -0.384 e. The number of nitrogens with zero attached hydrogens (tertiary/aromatic N) is 3. The van der Waals surface area contributed by atoms with Gasteiger partial charge in [0.25, 0.3) is 0 Å². The summed E-state index contributed by atoms with van der Waals surface area (Å²) in [6.07, 6.45) is 0.786. The van der Waals surface area contributed by atoms with Gasteiger partial charge in [-0.3, -0.25) is 0 Å². The Labute approximate surface area is 103 Å². The maximum atomic E-state index is 5.79. The molecular formula is C12H22N4O. The molecule has 0 bridgehead atoms. The zero-order valence-electron chi connectivity index (χ0n) is 11.1. The molecule has 0 unspecified atom stereocenters. The van der Waals surface area contributed by atoms with Gasteiger partial charge < -0.3 is 15.4 Å². The van der Waals surface area contributed by atoms with Crippen molar-refractivity contribution in [2.75, 3.05) is 30.9 Å². The van der Waals surface area contributed by atoms with Crippen molar-refractivity contribution in [3.63, 3.8) is 0 Å². The summed E-state index contributed by atoms with van der Waals surface area (Å²) in [4.78, 5) is 10.9. The number of aromatic nitrogens is 2. The van der Waals surface area contributed by atoms with E-state index in [-0.39, 0.29) is 0 Å². The van der Waals surface area contributed by atoms with Crippen LogP contribution in [0.4, 0.5) is 11.6 Å². The summed E-state index contributed by atoms with van der Waals surface area (Å²) < 4.78 is 5.11. The number of anilines is 2. The summed E-state index contributed by atoms with van der Waals surface area (Å²) in [7, 11) is 1.70. The molecule has 1 rings (SSSR count). The average Bonchev–Trinajstić information content (AvgIpc) is 2.28. The lowest BCUT2D eigenvalue weighted by molar-refractivity contribution is 0.203. The Balaban J connectivity index is 2.96. The zero-order valence-corrected chi connectivity index (χ0v) is 11.1. The SMILES string of the molecule is CCc1nc(N)cc(N(CCOC)C(C)C)n1. The second-order valence-electron chi connectivity index (χ2n) is 4.20. The summed E-state index contributed by atoms with van der Waals surface area (Å²) in [6.45, 7) is 7.74. The van der Waals surface area contributed by atoms with Crippen LogP contribution in [0.2, 0.25) is 0 Å². The van der Waals surface area contributed by atoms with Crippen LogP contribution in [0.3, 0.4) is 0 Å². The molecule has 0 fully saturated rings. The Morgan fingerprint density at radius 3 is 2.65 bits per heavy atom. The van der Waals surface area contributed by atoms with Gasteiger partial charge in [0.1, 0.15) is 17.5 Å². The van der Waals surface area contributed by atoms with E-state index < -0.39 is 0 Å². The molecule has 1 aromatic rings. The molecule has 0 saturated carbocycles. The smallest absolute Gasteiger partial charge is 0.134 e. The molecule has 1 heterocycles. The van der Waals surface area contributed by atoms with E-state index in [4.69, 9.17) is 10.5 Å². The van der Waals surface area contributed by atoms with Crippen molar-refractivity contribution in [2.24, 2.45) is 0 Å². The largest absolute Gasteiger partial charge is 0.384 e. The number of nitrogens with two attached hydrogens (primary N) is 1. The molecule has 0 amide bonds. The fourth-order valence-electron chi connectivity index (χ4n) is 1.64. The maximum Gasteiger partial charge on any atom is 0.134 e. The topological polar surface area (TPSA) is 64.3 Å². The first-order chi connectivity index (χ1) is 8.08. The molecule has 5 nitrogen and oxygen atoms in total. The molecular weight excluding hydrogens is 216 g/mol. The van der Waals surface area contributed by atoms with Crippen molar-refractivity contribution in [1.82, 2.24) is 9.97 Å². The van der Waals surface area contributed by atoms with Crippen molar-refractivity contribution < 1.29 is 4.74 Å². The van der Waals surface area contributed by atoms with E-state index in [1.165, 1.54) is 0 Å². The van der Waals surface area contributed by atoms with Crippen LogP contribution in [0.1, 0.15) is 26.6 Å². The second kappa shape index (κ2) is 6.39. The Kier molecular flexibility index (Phi) is 5.15. The van der Waals surface area contributed by atoms with Crippen LogP contribution in [0.15, 0.2) is 6.07 Å². The summed E-state index contributed by atoms with van der Waals surface area (Å²) in [5.74, 6) is 2.18. The first-order valence-electron chi connectivity index (χ1n) is 5.97. The van der Waals surface area contributed by atoms with Crippen molar-refractivity contribution in [2.45, 2.75) is 33.2 Å². The summed E-state index contributed by atoms with van der Waals surface area (Å²) in [5.41, 5.74) is 5.79. The number of aryl methyl sites for hydroxylation is 1. The fraction of sp³-hybridized carbons (Fsp3) is 0.667. The second-order valence-corrected chi connectivity index (χ2v) is 4.20. The lowest BCUT2D eigenvalue weighted by atomic mass is 10.3. The zero-order chi connectivity index (χ0) is 12.8. The minimum atomic E-state index is 0.351. The van der Waals surface area contributed by atoms with Gasteiger partial charge in [0, 0.05) is 32.2 Å². The van der Waals surface area contributed by atoms with Gasteiger partial charge in [-0.25, -0.2) is 9.97 Å². The lowest BCUT2D eigenvalue weighted by Gasteiger charge is -2.27. The molecule has 0 radical (unpaired) electrons. The van der Waals surface area contributed by atoms with E-state index in [1.807, 2.05) is 13.0 Å². The maximum absolute atomic E-state index is 5.79. The van der Waals surface area contributed by atoms with Crippen LogP contribution in [-0.4, -0.2) is 36.3 Å². The van der Waals surface area contributed by atoms with Gasteiger partial charge in [-0.15, -0.1) is 0 Å². The number of rotatable bonds is 6. The lowest BCUT2D eigenvalue weighted by Crippen LogP contribution is -2.34. The molecule has 0 aliphatic carbocycles. The van der Waals surface area contributed by atoms with Crippen LogP contribution in [0.5, 0.6) is 0 Å². The van der Waals surface area contributed by atoms with Crippen LogP contribution < -0.4 is 10.6 Å². The van der Waals surface area contributed by atoms with Crippen LogP contribution in [0.25, 0.3) is 0 Å². The first-order valence-corrected chi connectivity index (χ1v) is 5.97. The summed E-state index contributed by atoms with van der Waals surface area (Å²) in [6, 6.07) is 2.17. The van der Waals surface area contributed by atoms with Crippen LogP contribution >= 0.6 is 0 Å². The number of hydrogen-bond donors (Lipinski definition) is 1. The summed E-state index contributed by atoms with van der Waals surface area (Å²) >= 11 is 0. The van der Waals surface area contributed by atoms with Gasteiger partial charge in [0.05, 0.1) is 6.61 Å². The first kappa shape index (κ1) is 13.7. The number of nitrogen functional groups attached to an aromatic ring is 1. The molecule has 2 N–H and O–H groups in total. The highest BCUT2D eigenvalue weighted by atomic mass is 16.5. The predicted molar refractivity (Wildman–Crippen MR) is 70.2 cm³/mol. The van der Waals surface area contributed by atoms with E-state index in [0.29, 0.717) is 18.5 Å². The molecule has 0 atom stereocenters. The normalized spacial score (nSPS) is 10.9. The van der Waals surface area contributed by atoms with Crippen LogP contribution in [-0.2, 0) is 11.2 Å². The van der Waals surface area contributed by atoms with Gasteiger partial charge in [0.2, 0.25) is 0 Å². The quantitative estimate of drug-likeness (QED) is 0.813. The van der Waals surface area contributed by atoms with Crippen molar-refractivity contribution in [1.29, 1.82) is 0 Å². The van der Waals surface area contributed by atoms with E-state index in [1.54, 1.807) is 7.11 Å². The Hall–Kier alpha value is -1.36. The Morgan fingerprint density at radius 1 is 1.41 bits per heavy atom. The van der Waals surface area contributed by atoms with Gasteiger partial charge >= 0.3 is 0 Å². The molecule has 0 aliphatic rings. The van der Waals surface area contributed by atoms with Gasteiger partial charge in [0.15, 0.2) is 0 Å². The van der Waals surface area contributed by atoms with E-state index in [9.17, 15) is 0 Å². The minimum absolute atomic E-state index is 0.351. The fourth-order valence-corrected chi connectivity index (χ4v) is 1.64. The van der Waals surface area contributed by atoms with E-state index >= 15 is 0 Å². The molecule has 0 saturated heterocycles. The highest BCUT2D eigenvalue weighted by molar-refractivity contribution is 5.47. The summed E-state index contributed by atoms with van der Waals surface area (Å²) in [5, 5.41) is 0. The van der Waals surface area contributed by atoms with E-state index in [0.717, 1.165) is 24.6 Å². The highest BCUT2D eigenvalue weighted by Gasteiger charge is 2.13. The molecule has 1 aromatic heterocycles. The molecule has 0 spiro atoms. The Bertz CT molecular complexity index is 354. The molecule has 5 heteroatoms. The van der Waals surface area contributed by atoms with Gasteiger partial charge in [-0.05, 0) is 13.8 Å². The van der Waals surface area contributed by atoms with Crippen molar-refractivity contribution in [3.8, 4) is 0 Å². The van der Waals surface area contributed by atoms with Crippen LogP contribution in [0, 0.1) is 0 Å². The number of hydrogen-bond acceptors (Lipinski definition) is 5. The van der Waals surface area contributed by atoms with Crippen molar-refractivity contribution >= 4 is 11.6 Å². The molecule has 0 aromatic carbocycles. The van der Waals surface area contributed by atoms with Gasteiger partial charge in [-0.1, -0.05) is 6.92 Å². The standard InChI is InChI=1S/C12H22N4O/c1-5-11-14-10(13)8-12(15-11)16(9(2)3)6-7-17-4/h8-9H,5-7H2,1-4H3,(H2,13,14,15). The van der Waals surface area contributed by atoms with Crippen molar-refractivity contribution in [3.05, 3.63) is 11.9 Å². The van der Waals surface area contributed by atoms with Gasteiger partial charge in [-0.2, -0.15) is 0 Å². The number of ether oxygens (including phenoxy) is 1. The molecule has 96 valence electrons. The molecule has 0 aliphatic heterocycles. The number of methoxy groups -OCH3 is 1. The monoisotopic (exact) mass is 238 g/mol. The third kappa shape index (κ3) is 3.85. The molecule has 17 heavy (non-hydrogen) atoms.